The van der Waals surface area contributed by atoms with E-state index in [0.29, 0.717) is 50.5 Å². The van der Waals surface area contributed by atoms with Crippen LogP contribution >= 0.6 is 0 Å². The van der Waals surface area contributed by atoms with Crippen molar-refractivity contribution < 1.29 is 14.4 Å². The number of pyridine rings is 2. The van der Waals surface area contributed by atoms with Crippen LogP contribution in [0.25, 0.3) is 11.0 Å². The summed E-state index contributed by atoms with van der Waals surface area (Å²) >= 11 is 0. The molecule has 51 heavy (non-hydrogen) atoms. The van der Waals surface area contributed by atoms with Crippen LogP contribution in [-0.2, 0) is 0 Å². The van der Waals surface area contributed by atoms with Crippen LogP contribution in [0.4, 0.5) is 11.5 Å². The minimum Gasteiger partial charge on any atom is -0.355 e. The van der Waals surface area contributed by atoms with Crippen molar-refractivity contribution in [2.45, 2.75) is 34.6 Å². The van der Waals surface area contributed by atoms with Gasteiger partial charge in [0.25, 0.3) is 11.5 Å². The van der Waals surface area contributed by atoms with Gasteiger partial charge in [-0.1, -0.05) is 18.2 Å². The van der Waals surface area contributed by atoms with Crippen molar-refractivity contribution in [3.05, 3.63) is 146 Å². The fourth-order valence-electron chi connectivity index (χ4n) is 5.66. The summed E-state index contributed by atoms with van der Waals surface area (Å²) in [6.07, 6.45) is 5.98. The Balaban J connectivity index is 0.000000193. The molecule has 0 bridgehead atoms. The maximum absolute atomic E-state index is 13.1. The highest BCUT2D eigenvalue weighted by Gasteiger charge is 2.21. The smallest absolute Gasteiger partial charge is 0.275 e. The van der Waals surface area contributed by atoms with Crippen molar-refractivity contribution in [2.75, 3.05) is 12.4 Å². The van der Waals surface area contributed by atoms with E-state index in [0.717, 1.165) is 28.2 Å². The highest BCUT2D eigenvalue weighted by molar-refractivity contribution is 6.10. The van der Waals surface area contributed by atoms with Gasteiger partial charge in [0.15, 0.2) is 5.82 Å². The summed E-state index contributed by atoms with van der Waals surface area (Å²) < 4.78 is 3.04. The van der Waals surface area contributed by atoms with Crippen molar-refractivity contribution in [1.29, 1.82) is 0 Å². The van der Waals surface area contributed by atoms with Gasteiger partial charge in [-0.05, 0) is 87.7 Å². The number of ketones is 2. The van der Waals surface area contributed by atoms with Crippen LogP contribution in [0.5, 0.6) is 0 Å². The number of aromatic nitrogens is 8. The summed E-state index contributed by atoms with van der Waals surface area (Å²) in [5.41, 5.74) is 7.62. The number of anilines is 2. The normalized spacial score (nSPS) is 10.9. The predicted molar refractivity (Wildman–Crippen MR) is 191 cm³/mol. The highest BCUT2D eigenvalue weighted by atomic mass is 16.2. The number of aromatic amines is 1. The summed E-state index contributed by atoms with van der Waals surface area (Å²) in [7, 11) is 1.59. The summed E-state index contributed by atoms with van der Waals surface area (Å²) in [5.74, 6) is -0.0132. The van der Waals surface area contributed by atoms with Crippen LogP contribution in [0.3, 0.4) is 0 Å². The van der Waals surface area contributed by atoms with E-state index in [4.69, 9.17) is 0 Å². The molecule has 1 aromatic carbocycles. The van der Waals surface area contributed by atoms with Gasteiger partial charge in [0, 0.05) is 53.2 Å². The van der Waals surface area contributed by atoms with Gasteiger partial charge in [-0.3, -0.25) is 19.2 Å². The Morgan fingerprint density at radius 1 is 0.745 bits per heavy atom. The molecule has 0 radical (unpaired) electrons. The third-order valence-corrected chi connectivity index (χ3v) is 8.37. The van der Waals surface area contributed by atoms with Gasteiger partial charge in [-0.15, -0.1) is 0 Å². The van der Waals surface area contributed by atoms with Gasteiger partial charge in [-0.2, -0.15) is 10.2 Å². The van der Waals surface area contributed by atoms with Crippen molar-refractivity contribution in [3.8, 4) is 0 Å². The van der Waals surface area contributed by atoms with Crippen LogP contribution < -0.4 is 16.2 Å². The van der Waals surface area contributed by atoms with Crippen LogP contribution in [-0.4, -0.2) is 63.7 Å². The molecule has 1 amide bonds. The van der Waals surface area contributed by atoms with E-state index < -0.39 is 0 Å². The van der Waals surface area contributed by atoms with Crippen molar-refractivity contribution in [2.24, 2.45) is 0 Å². The maximum Gasteiger partial charge on any atom is 0.275 e. The van der Waals surface area contributed by atoms with Crippen molar-refractivity contribution in [1.82, 2.24) is 44.5 Å². The molecule has 0 atom stereocenters. The first kappa shape index (κ1) is 34.0. The Hall–Kier alpha value is -6.83. The van der Waals surface area contributed by atoms with Crippen LogP contribution in [0.1, 0.15) is 70.5 Å². The van der Waals surface area contributed by atoms with Gasteiger partial charge in [-0.25, -0.2) is 24.0 Å². The number of carbonyl (C=O) groups excluding carboxylic acids is 3. The van der Waals surface area contributed by atoms with E-state index in [1.807, 2.05) is 52.0 Å². The number of fused-ring (bicyclic) bond motifs is 2. The molecule has 0 unspecified atom stereocenters. The van der Waals surface area contributed by atoms with Gasteiger partial charge in [0.2, 0.25) is 11.6 Å². The zero-order valence-electron chi connectivity index (χ0n) is 28.8. The molecule has 14 heteroatoms. The Bertz CT molecular complexity index is 2550. The Morgan fingerprint density at radius 2 is 1.33 bits per heavy atom. The monoisotopic (exact) mass is 682 g/mol. The number of H-pyrrole nitrogens is 1. The molecule has 0 fully saturated rings. The van der Waals surface area contributed by atoms with Gasteiger partial charge < -0.3 is 15.6 Å². The largest absolute Gasteiger partial charge is 0.355 e. The first-order chi connectivity index (χ1) is 24.5. The molecule has 0 spiro atoms. The summed E-state index contributed by atoms with van der Waals surface area (Å²) in [6.45, 7) is 9.21. The van der Waals surface area contributed by atoms with E-state index in [2.05, 4.69) is 40.8 Å². The fraction of sp³-hybridized carbons (Fsp3) is 0.162. The van der Waals surface area contributed by atoms with Crippen molar-refractivity contribution >= 4 is 40.0 Å². The lowest BCUT2D eigenvalue weighted by Crippen LogP contribution is -2.17. The third kappa shape index (κ3) is 6.74. The molecule has 7 rings (SSSR count). The lowest BCUT2D eigenvalue weighted by Gasteiger charge is -2.12. The molecule has 0 saturated heterocycles. The zero-order valence-corrected chi connectivity index (χ0v) is 28.8. The number of carbonyl (C=O) groups is 3. The zero-order chi connectivity index (χ0) is 36.4. The number of amides is 1. The molecule has 0 aliphatic carbocycles. The number of aryl methyl sites for hydroxylation is 5. The van der Waals surface area contributed by atoms with Crippen molar-refractivity contribution in [3.63, 3.8) is 0 Å². The predicted octanol–water partition coefficient (Wildman–Crippen LogP) is 4.65. The summed E-state index contributed by atoms with van der Waals surface area (Å²) in [4.78, 5) is 64.8. The van der Waals surface area contributed by atoms with Gasteiger partial charge in [0.1, 0.15) is 35.1 Å². The maximum atomic E-state index is 13.1. The van der Waals surface area contributed by atoms with E-state index >= 15 is 0 Å². The average molecular weight is 683 g/mol. The quantitative estimate of drug-likeness (QED) is 0.200. The topological polar surface area (TPSA) is 181 Å². The second kappa shape index (κ2) is 14.0. The van der Waals surface area contributed by atoms with Crippen LogP contribution in [0, 0.1) is 34.6 Å². The average Bonchev–Trinajstić information content (AvgIpc) is 3.65. The van der Waals surface area contributed by atoms with Crippen LogP contribution in [0.15, 0.2) is 84.4 Å². The number of rotatable bonds is 7. The molecule has 14 nitrogen and oxygen atoms in total. The lowest BCUT2D eigenvalue weighted by atomic mass is 10.1. The van der Waals surface area contributed by atoms with Gasteiger partial charge >= 0.3 is 0 Å². The molecule has 6 heterocycles. The second-order valence-electron chi connectivity index (χ2n) is 11.9. The number of nitrogens with one attached hydrogen (secondary N) is 3. The minimum absolute atomic E-state index is 0.171. The molecule has 0 aliphatic rings. The lowest BCUT2D eigenvalue weighted by molar-refractivity contribution is 0.0961. The van der Waals surface area contributed by atoms with E-state index in [-0.39, 0.29) is 23.0 Å². The van der Waals surface area contributed by atoms with E-state index in [1.165, 1.54) is 17.2 Å². The SMILES string of the molecule is CNC(=O)c1ccc(C)c(Nc2ncnn3cc(C(=O)c4cccc(C)n4)c(C)c23)c1.Cc1cccc(C(=O)c2cn3nc[nH]c(=O)c3c2C)n1. The molecular weight excluding hydrogens is 648 g/mol. The first-order valence-corrected chi connectivity index (χ1v) is 15.9. The Labute approximate surface area is 291 Å². The second-order valence-corrected chi connectivity index (χ2v) is 11.9. The van der Waals surface area contributed by atoms with E-state index in [9.17, 15) is 19.2 Å². The first-order valence-electron chi connectivity index (χ1n) is 15.9. The van der Waals surface area contributed by atoms with Crippen LogP contribution in [0.2, 0.25) is 0 Å². The number of nitrogens with zero attached hydrogens (tertiary/aromatic N) is 7. The highest BCUT2D eigenvalue weighted by Crippen LogP contribution is 2.28. The number of hydrogen-bond acceptors (Lipinski definition) is 10. The summed E-state index contributed by atoms with van der Waals surface area (Å²) in [5, 5.41) is 14.2. The Morgan fingerprint density at radius 3 is 1.90 bits per heavy atom. The number of benzene rings is 1. The summed E-state index contributed by atoms with van der Waals surface area (Å²) in [6, 6.07) is 16.0. The fourth-order valence-corrected chi connectivity index (χ4v) is 5.66. The van der Waals surface area contributed by atoms with Gasteiger partial charge in [0.05, 0.1) is 0 Å². The molecule has 3 N–H and O–H groups in total. The molecule has 6 aromatic heterocycles. The molecule has 7 aromatic rings. The molecule has 0 saturated carbocycles. The number of hydrogen-bond donors (Lipinski definition) is 3. The minimum atomic E-state index is -0.270. The standard InChI is InChI=1S/C23H22N6O2.C14H12N4O2/c1-13-8-9-16(23(31)24-4)10-19(13)28-22-20-15(3)17(11-29(20)26-12-25-22)21(30)18-7-5-6-14(2)27-18;1-8-4-3-5-11(17-8)13(19)10-6-18-12(9(10)2)14(20)15-7-16-18/h5-12H,1-4H3,(H,24,31)(H,25,26,28);3-7H,1-2H3,(H,15,16,20). The third-order valence-electron chi connectivity index (χ3n) is 8.37. The molecule has 256 valence electrons. The molecule has 0 aliphatic heterocycles. The molecular formula is C37H34N10O4. The Kier molecular flexibility index (Phi) is 9.32. The van der Waals surface area contributed by atoms with E-state index in [1.54, 1.807) is 61.2 Å².